The Morgan fingerprint density at radius 3 is 2.64 bits per heavy atom. The van der Waals surface area contributed by atoms with Gasteiger partial charge in [0.25, 0.3) is 0 Å². The van der Waals surface area contributed by atoms with E-state index in [1.54, 1.807) is 23.1 Å². The minimum absolute atomic E-state index is 0.00504. The van der Waals surface area contributed by atoms with E-state index in [9.17, 15) is 9.18 Å². The van der Waals surface area contributed by atoms with Gasteiger partial charge in [0.15, 0.2) is 5.82 Å². The summed E-state index contributed by atoms with van der Waals surface area (Å²) >= 11 is 1.19. The van der Waals surface area contributed by atoms with E-state index in [4.69, 9.17) is 5.84 Å². The number of nitrogens with two attached hydrogens (primary N) is 1. The first-order chi connectivity index (χ1) is 10.6. The van der Waals surface area contributed by atoms with Crippen molar-refractivity contribution in [3.63, 3.8) is 0 Å². The van der Waals surface area contributed by atoms with Gasteiger partial charge in [-0.25, -0.2) is 9.07 Å². The van der Waals surface area contributed by atoms with E-state index in [0.717, 1.165) is 0 Å². The van der Waals surface area contributed by atoms with Gasteiger partial charge in [-0.15, -0.1) is 10.2 Å². The van der Waals surface area contributed by atoms with Gasteiger partial charge in [-0.3, -0.25) is 4.79 Å². The Bertz CT molecular complexity index is 656. The van der Waals surface area contributed by atoms with Gasteiger partial charge in [-0.05, 0) is 26.0 Å². The van der Waals surface area contributed by atoms with Crippen LogP contribution in [0.5, 0.6) is 0 Å². The van der Waals surface area contributed by atoms with E-state index in [2.05, 4.69) is 10.2 Å². The van der Waals surface area contributed by atoms with Crippen LogP contribution < -0.4 is 5.84 Å². The molecule has 0 aliphatic carbocycles. The Labute approximate surface area is 132 Å². The first-order valence-corrected chi connectivity index (χ1v) is 7.93. The highest BCUT2D eigenvalue weighted by molar-refractivity contribution is 7.99. The van der Waals surface area contributed by atoms with Gasteiger partial charge in [-0.1, -0.05) is 23.9 Å². The lowest BCUT2D eigenvalue weighted by molar-refractivity contribution is -0.127. The average Bonchev–Trinajstić information content (AvgIpc) is 2.88. The molecule has 1 heterocycles. The molecule has 2 rings (SSSR count). The molecule has 0 bridgehead atoms. The van der Waals surface area contributed by atoms with Crippen LogP contribution in [0.4, 0.5) is 4.39 Å². The Kier molecular flexibility index (Phi) is 5.37. The smallest absolute Gasteiger partial charge is 0.233 e. The predicted octanol–water partition coefficient (Wildman–Crippen LogP) is 1.76. The van der Waals surface area contributed by atoms with Gasteiger partial charge in [0.1, 0.15) is 5.82 Å². The molecule has 0 saturated heterocycles. The molecular weight excluding hydrogens is 305 g/mol. The molecule has 1 aromatic heterocycles. The summed E-state index contributed by atoms with van der Waals surface area (Å²) < 4.78 is 15.0. The second-order valence-electron chi connectivity index (χ2n) is 4.51. The minimum Gasteiger partial charge on any atom is -0.343 e. The largest absolute Gasteiger partial charge is 0.343 e. The van der Waals surface area contributed by atoms with Crippen molar-refractivity contribution < 1.29 is 9.18 Å². The average molecular weight is 323 g/mol. The van der Waals surface area contributed by atoms with Crippen LogP contribution in [0.2, 0.25) is 0 Å². The van der Waals surface area contributed by atoms with Crippen LogP contribution in [0.15, 0.2) is 29.4 Å². The molecule has 0 saturated carbocycles. The standard InChI is InChI=1S/C14H18FN5OS/c1-3-19(4-2)12(21)9-22-14-18-17-13(20(14)16)10-7-5-6-8-11(10)15/h5-8H,3-4,9,16H2,1-2H3. The fourth-order valence-corrected chi connectivity index (χ4v) is 2.75. The molecule has 0 aliphatic heterocycles. The van der Waals surface area contributed by atoms with E-state index in [1.165, 1.54) is 22.5 Å². The second-order valence-corrected chi connectivity index (χ2v) is 5.45. The summed E-state index contributed by atoms with van der Waals surface area (Å²) in [5.74, 6) is 5.95. The fraction of sp³-hybridized carbons (Fsp3) is 0.357. The second kappa shape index (κ2) is 7.26. The molecule has 0 unspecified atom stereocenters. The molecule has 118 valence electrons. The van der Waals surface area contributed by atoms with Gasteiger partial charge in [0, 0.05) is 13.1 Å². The summed E-state index contributed by atoms with van der Waals surface area (Å²) in [4.78, 5) is 13.7. The first-order valence-electron chi connectivity index (χ1n) is 6.94. The Morgan fingerprint density at radius 2 is 2.00 bits per heavy atom. The summed E-state index contributed by atoms with van der Waals surface area (Å²) in [6.45, 7) is 5.17. The highest BCUT2D eigenvalue weighted by Crippen LogP contribution is 2.23. The molecule has 8 heteroatoms. The normalized spacial score (nSPS) is 10.7. The Hall–Kier alpha value is -2.09. The number of halogens is 1. The fourth-order valence-electron chi connectivity index (χ4n) is 2.00. The zero-order valence-corrected chi connectivity index (χ0v) is 13.3. The highest BCUT2D eigenvalue weighted by Gasteiger charge is 2.17. The van der Waals surface area contributed by atoms with Crippen molar-refractivity contribution in [1.29, 1.82) is 0 Å². The lowest BCUT2D eigenvalue weighted by Gasteiger charge is -2.17. The van der Waals surface area contributed by atoms with Crippen LogP contribution in [0.3, 0.4) is 0 Å². The SMILES string of the molecule is CCN(CC)C(=O)CSc1nnc(-c2ccccc2F)n1N. The number of amides is 1. The lowest BCUT2D eigenvalue weighted by atomic mass is 10.2. The number of nitrogen functional groups attached to an aromatic ring is 1. The molecular formula is C14H18FN5OS. The molecule has 0 fully saturated rings. The monoisotopic (exact) mass is 323 g/mol. The van der Waals surface area contributed by atoms with Crippen molar-refractivity contribution in [2.45, 2.75) is 19.0 Å². The predicted molar refractivity (Wildman–Crippen MR) is 84.2 cm³/mol. The summed E-state index contributed by atoms with van der Waals surface area (Å²) in [6, 6.07) is 6.21. The molecule has 2 aromatic rings. The molecule has 6 nitrogen and oxygen atoms in total. The summed E-state index contributed by atoms with van der Waals surface area (Å²) in [6.07, 6.45) is 0. The van der Waals surface area contributed by atoms with Gasteiger partial charge in [0.05, 0.1) is 11.3 Å². The minimum atomic E-state index is -0.419. The molecule has 2 N–H and O–H groups in total. The lowest BCUT2D eigenvalue weighted by Crippen LogP contribution is -2.32. The van der Waals surface area contributed by atoms with Gasteiger partial charge < -0.3 is 10.7 Å². The zero-order chi connectivity index (χ0) is 16.1. The number of rotatable bonds is 6. The van der Waals surface area contributed by atoms with Crippen molar-refractivity contribution >= 4 is 17.7 Å². The van der Waals surface area contributed by atoms with E-state index in [0.29, 0.717) is 18.2 Å². The van der Waals surface area contributed by atoms with Crippen LogP contribution >= 0.6 is 11.8 Å². The van der Waals surface area contributed by atoms with E-state index in [-0.39, 0.29) is 23.0 Å². The first kappa shape index (κ1) is 16.3. The van der Waals surface area contributed by atoms with Crippen molar-refractivity contribution in [3.05, 3.63) is 30.1 Å². The molecule has 0 radical (unpaired) electrons. The number of thioether (sulfide) groups is 1. The molecule has 1 aromatic carbocycles. The quantitative estimate of drug-likeness (QED) is 0.647. The molecule has 1 amide bonds. The van der Waals surface area contributed by atoms with Gasteiger partial charge in [0.2, 0.25) is 11.1 Å². The number of nitrogens with zero attached hydrogens (tertiary/aromatic N) is 4. The van der Waals surface area contributed by atoms with Crippen LogP contribution in [-0.2, 0) is 4.79 Å². The number of carbonyl (C=O) groups is 1. The maximum Gasteiger partial charge on any atom is 0.233 e. The van der Waals surface area contributed by atoms with Crippen molar-refractivity contribution in [2.75, 3.05) is 24.7 Å². The number of benzene rings is 1. The van der Waals surface area contributed by atoms with E-state index < -0.39 is 5.82 Å². The van der Waals surface area contributed by atoms with Crippen molar-refractivity contribution in [3.8, 4) is 11.4 Å². The van der Waals surface area contributed by atoms with E-state index >= 15 is 0 Å². The van der Waals surface area contributed by atoms with Crippen molar-refractivity contribution in [2.24, 2.45) is 0 Å². The Morgan fingerprint density at radius 1 is 1.32 bits per heavy atom. The van der Waals surface area contributed by atoms with Crippen molar-refractivity contribution in [1.82, 2.24) is 19.8 Å². The van der Waals surface area contributed by atoms with Crippen LogP contribution in [0, 0.1) is 5.82 Å². The number of hydrogen-bond donors (Lipinski definition) is 1. The van der Waals surface area contributed by atoms with Crippen LogP contribution in [0.25, 0.3) is 11.4 Å². The molecule has 0 aliphatic rings. The van der Waals surface area contributed by atoms with E-state index in [1.807, 2.05) is 13.8 Å². The van der Waals surface area contributed by atoms with Gasteiger partial charge in [-0.2, -0.15) is 0 Å². The summed E-state index contributed by atoms with van der Waals surface area (Å²) in [5.41, 5.74) is 0.277. The zero-order valence-electron chi connectivity index (χ0n) is 12.5. The third-order valence-electron chi connectivity index (χ3n) is 3.22. The number of carbonyl (C=O) groups excluding carboxylic acids is 1. The molecule has 22 heavy (non-hydrogen) atoms. The third kappa shape index (κ3) is 3.38. The van der Waals surface area contributed by atoms with Crippen LogP contribution in [-0.4, -0.2) is 44.5 Å². The number of hydrogen-bond acceptors (Lipinski definition) is 5. The number of aromatic nitrogens is 3. The molecule has 0 spiro atoms. The maximum absolute atomic E-state index is 13.8. The summed E-state index contributed by atoms with van der Waals surface area (Å²) in [5, 5.41) is 8.22. The highest BCUT2D eigenvalue weighted by atomic mass is 32.2. The topological polar surface area (TPSA) is 77.0 Å². The van der Waals surface area contributed by atoms with Crippen LogP contribution in [0.1, 0.15) is 13.8 Å². The molecule has 0 atom stereocenters. The van der Waals surface area contributed by atoms with Gasteiger partial charge >= 0.3 is 0 Å². The Balaban J connectivity index is 2.12. The summed E-state index contributed by atoms with van der Waals surface area (Å²) in [7, 11) is 0. The third-order valence-corrected chi connectivity index (χ3v) is 4.15. The maximum atomic E-state index is 13.8.